The molecule has 1 aliphatic heterocycles. The molecule has 5 nitrogen and oxygen atoms in total. The van der Waals surface area contributed by atoms with Gasteiger partial charge in [0, 0.05) is 25.2 Å². The minimum atomic E-state index is -0.155. The van der Waals surface area contributed by atoms with Gasteiger partial charge in [-0.2, -0.15) is 0 Å². The highest BCUT2D eigenvalue weighted by molar-refractivity contribution is 5.97. The molecule has 0 spiro atoms. The maximum absolute atomic E-state index is 12.5. The van der Waals surface area contributed by atoms with Crippen molar-refractivity contribution in [3.05, 3.63) is 23.8 Å². The third kappa shape index (κ3) is 3.35. The van der Waals surface area contributed by atoms with Gasteiger partial charge < -0.3 is 20.1 Å². The van der Waals surface area contributed by atoms with Gasteiger partial charge in [0.25, 0.3) is 5.91 Å². The summed E-state index contributed by atoms with van der Waals surface area (Å²) in [5, 5.41) is 13.2. The molecule has 1 amide bonds. The van der Waals surface area contributed by atoms with Crippen molar-refractivity contribution in [3.63, 3.8) is 0 Å². The number of piperazine rings is 1. The zero-order chi connectivity index (χ0) is 14.0. The highest BCUT2D eigenvalue weighted by Crippen LogP contribution is 2.25. The molecule has 1 aromatic carbocycles. The molecule has 2 N–H and O–H groups in total. The lowest BCUT2D eigenvalue weighted by molar-refractivity contribution is 0.0613. The topological polar surface area (TPSA) is 61.8 Å². The van der Waals surface area contributed by atoms with E-state index in [9.17, 15) is 9.90 Å². The fourth-order valence-corrected chi connectivity index (χ4v) is 2.27. The third-order valence-corrected chi connectivity index (χ3v) is 3.46. The van der Waals surface area contributed by atoms with Crippen LogP contribution in [-0.4, -0.2) is 48.2 Å². The molecule has 2 rings (SSSR count). The normalized spacial score (nSPS) is 22.1. The molecule has 6 heteroatoms. The highest BCUT2D eigenvalue weighted by atomic mass is 35.5. The Morgan fingerprint density at radius 1 is 1.45 bits per heavy atom. The standard InChI is InChI=1S/C14H20N2O3.ClH/c1-9-8-16(10(2)7-15-9)14(18)12-6-11(19-3)4-5-13(12)17;/h4-6,9-10,15,17H,7-8H2,1-3H3;1H. The van der Waals surface area contributed by atoms with Crippen molar-refractivity contribution in [1.82, 2.24) is 10.2 Å². The van der Waals surface area contributed by atoms with Crippen LogP contribution in [-0.2, 0) is 0 Å². The van der Waals surface area contributed by atoms with Crippen molar-refractivity contribution in [2.45, 2.75) is 25.9 Å². The van der Waals surface area contributed by atoms with Crippen LogP contribution < -0.4 is 10.1 Å². The molecule has 0 radical (unpaired) electrons. The number of aromatic hydroxyl groups is 1. The average molecular weight is 301 g/mol. The highest BCUT2D eigenvalue weighted by Gasteiger charge is 2.28. The van der Waals surface area contributed by atoms with Crippen molar-refractivity contribution in [2.24, 2.45) is 0 Å². The largest absolute Gasteiger partial charge is 0.507 e. The predicted octanol–water partition coefficient (Wildman–Crippen LogP) is 1.64. The van der Waals surface area contributed by atoms with Crippen LogP contribution in [0.25, 0.3) is 0 Å². The van der Waals surface area contributed by atoms with E-state index >= 15 is 0 Å². The number of carbonyl (C=O) groups excluding carboxylic acids is 1. The Bertz CT molecular complexity index is 481. The zero-order valence-electron chi connectivity index (χ0n) is 11.9. The van der Waals surface area contributed by atoms with E-state index in [4.69, 9.17) is 4.74 Å². The fraction of sp³-hybridized carbons (Fsp3) is 0.500. The summed E-state index contributed by atoms with van der Waals surface area (Å²) >= 11 is 0. The van der Waals surface area contributed by atoms with Crippen LogP contribution in [0.4, 0.5) is 0 Å². The molecule has 1 aromatic rings. The lowest BCUT2D eigenvalue weighted by atomic mass is 10.1. The second-order valence-corrected chi connectivity index (χ2v) is 5.00. The lowest BCUT2D eigenvalue weighted by Crippen LogP contribution is -2.56. The minimum absolute atomic E-state index is 0. The SMILES string of the molecule is COc1ccc(O)c(C(=O)N2CC(C)NCC2C)c1.Cl. The van der Waals surface area contributed by atoms with E-state index < -0.39 is 0 Å². The first-order valence-electron chi connectivity index (χ1n) is 6.44. The molecule has 2 atom stereocenters. The molecule has 0 aromatic heterocycles. The lowest BCUT2D eigenvalue weighted by Gasteiger charge is -2.37. The van der Waals surface area contributed by atoms with Crippen LogP contribution in [0.1, 0.15) is 24.2 Å². The molecule has 1 saturated heterocycles. The van der Waals surface area contributed by atoms with Gasteiger partial charge in [0.2, 0.25) is 0 Å². The summed E-state index contributed by atoms with van der Waals surface area (Å²) in [6.45, 7) is 5.43. The molecule has 0 saturated carbocycles. The monoisotopic (exact) mass is 300 g/mol. The number of benzene rings is 1. The Balaban J connectivity index is 0.00000200. The van der Waals surface area contributed by atoms with E-state index in [2.05, 4.69) is 5.32 Å². The summed E-state index contributed by atoms with van der Waals surface area (Å²) in [7, 11) is 1.54. The number of nitrogens with one attached hydrogen (secondary N) is 1. The molecular weight excluding hydrogens is 280 g/mol. The molecule has 0 bridgehead atoms. The Morgan fingerprint density at radius 3 is 2.80 bits per heavy atom. The van der Waals surface area contributed by atoms with Crippen LogP contribution >= 0.6 is 12.4 Å². The number of carbonyl (C=O) groups is 1. The molecule has 112 valence electrons. The first-order valence-corrected chi connectivity index (χ1v) is 6.44. The number of phenolic OH excluding ortho intramolecular Hbond substituents is 1. The number of amides is 1. The van der Waals surface area contributed by atoms with Gasteiger partial charge in [-0.3, -0.25) is 4.79 Å². The van der Waals surface area contributed by atoms with Gasteiger partial charge in [-0.1, -0.05) is 0 Å². The summed E-state index contributed by atoms with van der Waals surface area (Å²) in [4.78, 5) is 14.3. The molecule has 0 aliphatic carbocycles. The summed E-state index contributed by atoms with van der Waals surface area (Å²) in [6, 6.07) is 5.07. The smallest absolute Gasteiger partial charge is 0.258 e. The minimum Gasteiger partial charge on any atom is -0.507 e. The van der Waals surface area contributed by atoms with E-state index in [1.165, 1.54) is 13.2 Å². The first kappa shape index (κ1) is 16.6. The van der Waals surface area contributed by atoms with Gasteiger partial charge in [0.1, 0.15) is 11.5 Å². The number of phenols is 1. The first-order chi connectivity index (χ1) is 9.02. The van der Waals surface area contributed by atoms with E-state index in [1.54, 1.807) is 17.0 Å². The van der Waals surface area contributed by atoms with Crippen LogP contribution in [0.2, 0.25) is 0 Å². The number of ether oxygens (including phenoxy) is 1. The van der Waals surface area contributed by atoms with E-state index in [0.29, 0.717) is 17.9 Å². The van der Waals surface area contributed by atoms with Gasteiger partial charge in [0.15, 0.2) is 0 Å². The van der Waals surface area contributed by atoms with Crippen molar-refractivity contribution < 1.29 is 14.6 Å². The predicted molar refractivity (Wildman–Crippen MR) is 79.9 cm³/mol. The van der Waals surface area contributed by atoms with Gasteiger partial charge in [0.05, 0.1) is 12.7 Å². The number of methoxy groups -OCH3 is 1. The van der Waals surface area contributed by atoms with Crippen LogP contribution in [0, 0.1) is 0 Å². The van der Waals surface area contributed by atoms with Crippen LogP contribution in [0.15, 0.2) is 18.2 Å². The van der Waals surface area contributed by atoms with Crippen LogP contribution in [0.5, 0.6) is 11.5 Å². The Kier molecular flexibility index (Phi) is 5.65. The van der Waals surface area contributed by atoms with Gasteiger partial charge in [-0.25, -0.2) is 0 Å². The maximum atomic E-state index is 12.5. The Morgan fingerprint density at radius 2 is 2.15 bits per heavy atom. The third-order valence-electron chi connectivity index (χ3n) is 3.46. The van der Waals surface area contributed by atoms with E-state index in [-0.39, 0.29) is 36.1 Å². The van der Waals surface area contributed by atoms with Gasteiger partial charge in [-0.05, 0) is 32.0 Å². The quantitative estimate of drug-likeness (QED) is 0.872. The van der Waals surface area contributed by atoms with E-state index in [1.807, 2.05) is 13.8 Å². The Labute approximate surface area is 125 Å². The summed E-state index contributed by atoms with van der Waals surface area (Å²) in [6.07, 6.45) is 0. The second kappa shape index (κ2) is 6.81. The zero-order valence-corrected chi connectivity index (χ0v) is 12.7. The fourth-order valence-electron chi connectivity index (χ4n) is 2.27. The van der Waals surface area contributed by atoms with Gasteiger partial charge >= 0.3 is 0 Å². The maximum Gasteiger partial charge on any atom is 0.258 e. The summed E-state index contributed by atoms with van der Waals surface area (Å²) in [5.74, 6) is 0.401. The molecule has 2 unspecified atom stereocenters. The van der Waals surface area contributed by atoms with Crippen molar-refractivity contribution in [3.8, 4) is 11.5 Å². The van der Waals surface area contributed by atoms with Crippen molar-refractivity contribution >= 4 is 18.3 Å². The molecule has 1 aliphatic rings. The molecule has 1 fully saturated rings. The average Bonchev–Trinajstić information content (AvgIpc) is 2.41. The molecule has 1 heterocycles. The number of rotatable bonds is 2. The number of halogens is 1. The van der Waals surface area contributed by atoms with Gasteiger partial charge in [-0.15, -0.1) is 12.4 Å². The van der Waals surface area contributed by atoms with Crippen molar-refractivity contribution in [1.29, 1.82) is 0 Å². The summed E-state index contributed by atoms with van der Waals surface area (Å²) in [5.41, 5.74) is 0.292. The second-order valence-electron chi connectivity index (χ2n) is 5.00. The summed E-state index contributed by atoms with van der Waals surface area (Å²) < 4.78 is 5.10. The number of nitrogens with zero attached hydrogens (tertiary/aromatic N) is 1. The number of hydrogen-bond acceptors (Lipinski definition) is 4. The van der Waals surface area contributed by atoms with E-state index in [0.717, 1.165) is 6.54 Å². The van der Waals surface area contributed by atoms with Crippen LogP contribution in [0.3, 0.4) is 0 Å². The Hall–Kier alpha value is -1.46. The van der Waals surface area contributed by atoms with Crippen molar-refractivity contribution in [2.75, 3.05) is 20.2 Å². The number of hydrogen-bond donors (Lipinski definition) is 2. The molecule has 20 heavy (non-hydrogen) atoms. The molecular formula is C14H21ClN2O3.